The molecule has 22 heavy (non-hydrogen) atoms. The Hall–Kier alpha value is -2.15. The summed E-state index contributed by atoms with van der Waals surface area (Å²) in [6.45, 7) is 2.54. The molecular weight excluding hydrogens is 286 g/mol. The summed E-state index contributed by atoms with van der Waals surface area (Å²) in [4.78, 5) is 24.7. The molecule has 0 bridgehead atoms. The molecule has 0 radical (unpaired) electrons. The quantitative estimate of drug-likeness (QED) is 0.566. The Morgan fingerprint density at radius 2 is 2.18 bits per heavy atom. The number of nitrogens with zero attached hydrogens (tertiary/aromatic N) is 2. The lowest BCUT2D eigenvalue weighted by molar-refractivity contribution is -0.384. The smallest absolute Gasteiger partial charge is 0.293 e. The molecule has 0 unspecified atom stereocenters. The average molecular weight is 307 g/mol. The number of benzene rings is 1. The van der Waals surface area contributed by atoms with E-state index in [4.69, 9.17) is 5.11 Å². The first-order valence-electron chi connectivity index (χ1n) is 7.52. The van der Waals surface area contributed by atoms with E-state index >= 15 is 0 Å². The van der Waals surface area contributed by atoms with E-state index in [0.717, 1.165) is 19.3 Å². The SMILES string of the molecule is CCCN(CCO)C(=O)c1ccc(NC2CC2)c([N+](=O)[O-])c1. The van der Waals surface area contributed by atoms with E-state index in [2.05, 4.69) is 5.32 Å². The summed E-state index contributed by atoms with van der Waals surface area (Å²) in [6.07, 6.45) is 2.78. The van der Waals surface area contributed by atoms with Gasteiger partial charge in [0.1, 0.15) is 5.69 Å². The Labute approximate surface area is 129 Å². The lowest BCUT2D eigenvalue weighted by Crippen LogP contribution is -2.34. The van der Waals surface area contributed by atoms with Gasteiger partial charge in [0, 0.05) is 30.8 Å². The highest BCUT2D eigenvalue weighted by Crippen LogP contribution is 2.31. The fraction of sp³-hybridized carbons (Fsp3) is 0.533. The first-order valence-corrected chi connectivity index (χ1v) is 7.52. The van der Waals surface area contributed by atoms with Crippen molar-refractivity contribution in [2.24, 2.45) is 0 Å². The molecule has 1 fully saturated rings. The summed E-state index contributed by atoms with van der Waals surface area (Å²) in [5.74, 6) is -0.294. The van der Waals surface area contributed by atoms with Gasteiger partial charge in [-0.1, -0.05) is 6.92 Å². The number of rotatable bonds is 8. The highest BCUT2D eigenvalue weighted by molar-refractivity contribution is 5.95. The van der Waals surface area contributed by atoms with Gasteiger partial charge < -0.3 is 15.3 Å². The first kappa shape index (κ1) is 16.2. The number of nitro benzene ring substituents is 1. The van der Waals surface area contributed by atoms with E-state index in [9.17, 15) is 14.9 Å². The van der Waals surface area contributed by atoms with Crippen LogP contribution in [0.5, 0.6) is 0 Å². The Balaban J connectivity index is 2.24. The molecule has 0 spiro atoms. The third-order valence-corrected chi connectivity index (χ3v) is 3.53. The summed E-state index contributed by atoms with van der Waals surface area (Å²) < 4.78 is 0. The van der Waals surface area contributed by atoms with Crippen LogP contribution in [0.25, 0.3) is 0 Å². The zero-order chi connectivity index (χ0) is 16.1. The van der Waals surface area contributed by atoms with Crippen LogP contribution in [0.2, 0.25) is 0 Å². The predicted molar refractivity (Wildman–Crippen MR) is 83.0 cm³/mol. The molecule has 0 saturated heterocycles. The van der Waals surface area contributed by atoms with Gasteiger partial charge in [0.2, 0.25) is 0 Å². The maximum absolute atomic E-state index is 12.4. The number of anilines is 1. The first-order chi connectivity index (χ1) is 10.6. The second-order valence-corrected chi connectivity index (χ2v) is 5.42. The van der Waals surface area contributed by atoms with Crippen molar-refractivity contribution in [1.82, 2.24) is 4.90 Å². The number of carbonyl (C=O) groups excluding carboxylic acids is 1. The topological polar surface area (TPSA) is 95.7 Å². The van der Waals surface area contributed by atoms with Crippen molar-refractivity contribution in [2.75, 3.05) is 25.0 Å². The number of nitro groups is 1. The third kappa shape index (κ3) is 3.94. The number of hydrogen-bond donors (Lipinski definition) is 2. The maximum atomic E-state index is 12.4. The van der Waals surface area contributed by atoms with Crippen molar-refractivity contribution in [2.45, 2.75) is 32.2 Å². The Kier molecular flexibility index (Phi) is 5.32. The molecule has 0 atom stereocenters. The summed E-state index contributed by atoms with van der Waals surface area (Å²) >= 11 is 0. The number of hydrogen-bond acceptors (Lipinski definition) is 5. The molecule has 2 N–H and O–H groups in total. The minimum Gasteiger partial charge on any atom is -0.395 e. The van der Waals surface area contributed by atoms with Crippen LogP contribution >= 0.6 is 0 Å². The zero-order valence-electron chi connectivity index (χ0n) is 12.6. The molecule has 1 amide bonds. The second kappa shape index (κ2) is 7.22. The lowest BCUT2D eigenvalue weighted by Gasteiger charge is -2.21. The van der Waals surface area contributed by atoms with Gasteiger partial charge in [-0.25, -0.2) is 0 Å². The molecule has 120 valence electrons. The third-order valence-electron chi connectivity index (χ3n) is 3.53. The second-order valence-electron chi connectivity index (χ2n) is 5.42. The van der Waals surface area contributed by atoms with E-state index in [-0.39, 0.29) is 30.3 Å². The minimum absolute atomic E-state index is 0.0850. The van der Waals surface area contributed by atoms with E-state index in [1.807, 2.05) is 6.92 Å². The van der Waals surface area contributed by atoms with Crippen LogP contribution in [0.4, 0.5) is 11.4 Å². The molecule has 7 nitrogen and oxygen atoms in total. The average Bonchev–Trinajstić information content (AvgIpc) is 3.30. The van der Waals surface area contributed by atoms with Crippen LogP contribution in [0.3, 0.4) is 0 Å². The van der Waals surface area contributed by atoms with Crippen molar-refractivity contribution in [3.8, 4) is 0 Å². The fourth-order valence-corrected chi connectivity index (χ4v) is 2.27. The van der Waals surface area contributed by atoms with Gasteiger partial charge in [0.25, 0.3) is 11.6 Å². The highest BCUT2D eigenvalue weighted by atomic mass is 16.6. The molecule has 1 aliphatic rings. The lowest BCUT2D eigenvalue weighted by atomic mass is 10.1. The predicted octanol–water partition coefficient (Wildman–Crippen LogP) is 2.01. The normalized spacial score (nSPS) is 13.7. The molecule has 1 aromatic carbocycles. The van der Waals surface area contributed by atoms with Crippen LogP contribution in [0.15, 0.2) is 18.2 Å². The van der Waals surface area contributed by atoms with Gasteiger partial charge in [0.05, 0.1) is 11.5 Å². The highest BCUT2D eigenvalue weighted by Gasteiger charge is 2.26. The van der Waals surface area contributed by atoms with Crippen LogP contribution in [0, 0.1) is 10.1 Å². The van der Waals surface area contributed by atoms with Crippen molar-refractivity contribution in [3.63, 3.8) is 0 Å². The van der Waals surface area contributed by atoms with Gasteiger partial charge in [-0.2, -0.15) is 0 Å². The van der Waals surface area contributed by atoms with Crippen molar-refractivity contribution in [1.29, 1.82) is 0 Å². The molecule has 1 aliphatic carbocycles. The Morgan fingerprint density at radius 1 is 1.45 bits per heavy atom. The van der Waals surface area contributed by atoms with Gasteiger partial charge in [-0.15, -0.1) is 0 Å². The van der Waals surface area contributed by atoms with Gasteiger partial charge in [-0.05, 0) is 31.4 Å². The summed E-state index contributed by atoms with van der Waals surface area (Å²) in [7, 11) is 0. The largest absolute Gasteiger partial charge is 0.395 e. The van der Waals surface area contributed by atoms with Gasteiger partial charge >= 0.3 is 0 Å². The molecule has 0 heterocycles. The zero-order valence-corrected chi connectivity index (χ0v) is 12.6. The van der Waals surface area contributed by atoms with E-state index in [0.29, 0.717) is 18.3 Å². The standard InChI is InChI=1S/C15H21N3O4/c1-2-7-17(8-9-19)15(20)11-3-6-13(16-12-4-5-12)14(10-11)18(21)22/h3,6,10,12,16,19H,2,4-5,7-9H2,1H3. The number of aliphatic hydroxyl groups is 1. The summed E-state index contributed by atoms with van der Waals surface area (Å²) in [6, 6.07) is 4.80. The molecular formula is C15H21N3O4. The number of amides is 1. The molecule has 2 rings (SSSR count). The Bertz CT molecular complexity index is 552. The molecule has 7 heteroatoms. The van der Waals surface area contributed by atoms with Crippen molar-refractivity contribution in [3.05, 3.63) is 33.9 Å². The van der Waals surface area contributed by atoms with E-state index in [1.54, 1.807) is 12.1 Å². The molecule has 1 aromatic rings. The summed E-state index contributed by atoms with van der Waals surface area (Å²) in [5, 5.41) is 23.4. The monoisotopic (exact) mass is 307 g/mol. The van der Waals surface area contributed by atoms with Crippen molar-refractivity contribution >= 4 is 17.3 Å². The van der Waals surface area contributed by atoms with E-state index in [1.165, 1.54) is 11.0 Å². The maximum Gasteiger partial charge on any atom is 0.293 e. The minimum atomic E-state index is -0.475. The molecule has 0 aliphatic heterocycles. The van der Waals surface area contributed by atoms with Crippen LogP contribution in [-0.4, -0.2) is 46.6 Å². The number of carbonyl (C=O) groups is 1. The van der Waals surface area contributed by atoms with Gasteiger partial charge in [-0.3, -0.25) is 14.9 Å². The van der Waals surface area contributed by atoms with E-state index < -0.39 is 4.92 Å². The molecule has 0 aromatic heterocycles. The van der Waals surface area contributed by atoms with Gasteiger partial charge in [0.15, 0.2) is 0 Å². The van der Waals surface area contributed by atoms with Crippen LogP contribution in [0.1, 0.15) is 36.5 Å². The summed E-state index contributed by atoms with van der Waals surface area (Å²) in [5.41, 5.74) is 0.640. The number of aliphatic hydroxyl groups excluding tert-OH is 1. The molecule has 1 saturated carbocycles. The Morgan fingerprint density at radius 3 is 2.73 bits per heavy atom. The van der Waals surface area contributed by atoms with Crippen LogP contribution < -0.4 is 5.32 Å². The number of nitrogens with one attached hydrogen (secondary N) is 1. The van der Waals surface area contributed by atoms with Crippen molar-refractivity contribution < 1.29 is 14.8 Å². The van der Waals surface area contributed by atoms with Crippen LogP contribution in [-0.2, 0) is 0 Å². The fourth-order valence-electron chi connectivity index (χ4n) is 2.27.